The van der Waals surface area contributed by atoms with Crippen LogP contribution in [0.4, 0.5) is 5.69 Å². The Bertz CT molecular complexity index is 693. The van der Waals surface area contributed by atoms with Crippen LogP contribution in [0.2, 0.25) is 5.02 Å². The van der Waals surface area contributed by atoms with Crippen LogP contribution in [0.5, 0.6) is 5.75 Å². The Hall–Kier alpha value is -1.52. The van der Waals surface area contributed by atoms with Crippen LogP contribution in [0.1, 0.15) is 16.7 Å². The second kappa shape index (κ2) is 7.16. The van der Waals surface area contributed by atoms with E-state index in [0.717, 1.165) is 21.2 Å². The van der Waals surface area contributed by atoms with E-state index < -0.39 is 0 Å². The number of rotatable bonds is 4. The minimum absolute atomic E-state index is 0.0496. The molecule has 1 amide bonds. The lowest BCUT2D eigenvalue weighted by atomic mass is 10.1. The lowest BCUT2D eigenvalue weighted by Crippen LogP contribution is -2.20. The molecule has 5 heteroatoms. The molecule has 0 saturated heterocycles. The van der Waals surface area contributed by atoms with Crippen molar-refractivity contribution in [1.29, 1.82) is 0 Å². The molecule has 0 aliphatic rings. The molecule has 0 heterocycles. The Morgan fingerprint density at radius 2 is 1.77 bits per heavy atom. The highest BCUT2D eigenvalue weighted by atomic mass is 79.9. The first-order valence-corrected chi connectivity index (χ1v) is 7.99. The van der Waals surface area contributed by atoms with E-state index in [1.54, 1.807) is 6.07 Å². The zero-order chi connectivity index (χ0) is 16.3. The molecular formula is C17H17BrClNO2. The summed E-state index contributed by atoms with van der Waals surface area (Å²) in [5.74, 6) is 0.452. The Morgan fingerprint density at radius 3 is 2.36 bits per heavy atom. The van der Waals surface area contributed by atoms with Gasteiger partial charge in [0.1, 0.15) is 5.75 Å². The number of carbonyl (C=O) groups excluding carboxylic acids is 1. The first-order valence-electron chi connectivity index (χ1n) is 6.82. The molecule has 0 saturated carbocycles. The monoisotopic (exact) mass is 381 g/mol. The number of hydrogen-bond acceptors (Lipinski definition) is 2. The third-order valence-electron chi connectivity index (χ3n) is 3.24. The van der Waals surface area contributed by atoms with Gasteiger partial charge in [0, 0.05) is 15.2 Å². The molecule has 2 aromatic rings. The number of halogens is 2. The summed E-state index contributed by atoms with van der Waals surface area (Å²) in [6, 6.07) is 9.19. The molecule has 0 unspecified atom stereocenters. The van der Waals surface area contributed by atoms with E-state index in [4.69, 9.17) is 16.3 Å². The highest BCUT2D eigenvalue weighted by Gasteiger charge is 2.07. The molecule has 3 nitrogen and oxygen atoms in total. The third kappa shape index (κ3) is 4.24. The van der Waals surface area contributed by atoms with Crippen LogP contribution in [-0.2, 0) is 4.79 Å². The number of anilines is 1. The van der Waals surface area contributed by atoms with Crippen molar-refractivity contribution in [3.63, 3.8) is 0 Å². The fourth-order valence-corrected chi connectivity index (χ4v) is 2.42. The van der Waals surface area contributed by atoms with Crippen LogP contribution in [0, 0.1) is 20.8 Å². The molecule has 0 radical (unpaired) electrons. The van der Waals surface area contributed by atoms with Gasteiger partial charge in [0.25, 0.3) is 5.91 Å². The van der Waals surface area contributed by atoms with Crippen LogP contribution in [0.15, 0.2) is 34.8 Å². The van der Waals surface area contributed by atoms with Gasteiger partial charge in [0.2, 0.25) is 0 Å². The van der Waals surface area contributed by atoms with Gasteiger partial charge in [-0.15, -0.1) is 0 Å². The summed E-state index contributed by atoms with van der Waals surface area (Å²) in [6.45, 7) is 5.83. The highest BCUT2D eigenvalue weighted by Crippen LogP contribution is 2.26. The average molecular weight is 383 g/mol. The SMILES string of the molecule is Cc1ccc(NC(=O)COc2cc(C)c(Br)c(C)c2)cc1Cl. The fraction of sp³-hybridized carbons (Fsp3) is 0.235. The Morgan fingerprint density at radius 1 is 1.14 bits per heavy atom. The van der Waals surface area contributed by atoms with Gasteiger partial charge in [-0.05, 0) is 61.7 Å². The molecular weight excluding hydrogens is 366 g/mol. The molecule has 0 fully saturated rings. The number of carbonyl (C=O) groups is 1. The summed E-state index contributed by atoms with van der Waals surface area (Å²) in [6.07, 6.45) is 0. The van der Waals surface area contributed by atoms with Crippen molar-refractivity contribution < 1.29 is 9.53 Å². The van der Waals surface area contributed by atoms with E-state index >= 15 is 0 Å². The lowest BCUT2D eigenvalue weighted by Gasteiger charge is -2.11. The van der Waals surface area contributed by atoms with E-state index in [2.05, 4.69) is 21.2 Å². The largest absolute Gasteiger partial charge is 0.484 e. The van der Waals surface area contributed by atoms with Gasteiger partial charge in [-0.1, -0.05) is 33.6 Å². The summed E-state index contributed by atoms with van der Waals surface area (Å²) in [4.78, 5) is 11.9. The standard InChI is InChI=1S/C17H17BrClNO2/c1-10-4-5-13(8-15(10)19)20-16(21)9-22-14-6-11(2)17(18)12(3)7-14/h4-8H,9H2,1-3H3,(H,20,21). The van der Waals surface area contributed by atoms with Crippen molar-refractivity contribution in [2.45, 2.75) is 20.8 Å². The van der Waals surface area contributed by atoms with Crippen LogP contribution in [0.25, 0.3) is 0 Å². The predicted molar refractivity (Wildman–Crippen MR) is 93.9 cm³/mol. The first kappa shape index (κ1) is 16.8. The van der Waals surface area contributed by atoms with Gasteiger partial charge < -0.3 is 10.1 Å². The second-order valence-corrected chi connectivity index (χ2v) is 6.37. The minimum Gasteiger partial charge on any atom is -0.484 e. The Labute approximate surface area is 143 Å². The van der Waals surface area contributed by atoms with Crippen molar-refractivity contribution in [2.24, 2.45) is 0 Å². The van der Waals surface area contributed by atoms with E-state index in [9.17, 15) is 4.79 Å². The number of aryl methyl sites for hydroxylation is 3. The van der Waals surface area contributed by atoms with Gasteiger partial charge in [-0.3, -0.25) is 4.79 Å². The van der Waals surface area contributed by atoms with Crippen LogP contribution in [-0.4, -0.2) is 12.5 Å². The van der Waals surface area contributed by atoms with E-state index in [-0.39, 0.29) is 12.5 Å². The average Bonchev–Trinajstić information content (AvgIpc) is 2.46. The summed E-state index contributed by atoms with van der Waals surface area (Å²) < 4.78 is 6.60. The molecule has 2 aromatic carbocycles. The van der Waals surface area contributed by atoms with Gasteiger partial charge >= 0.3 is 0 Å². The van der Waals surface area contributed by atoms with Gasteiger partial charge in [-0.2, -0.15) is 0 Å². The molecule has 1 N–H and O–H groups in total. The van der Waals surface area contributed by atoms with Gasteiger partial charge in [0.15, 0.2) is 6.61 Å². The number of hydrogen-bond donors (Lipinski definition) is 1. The lowest BCUT2D eigenvalue weighted by molar-refractivity contribution is -0.118. The summed E-state index contributed by atoms with van der Waals surface area (Å²) in [5.41, 5.74) is 3.77. The molecule has 0 bridgehead atoms. The molecule has 116 valence electrons. The zero-order valence-corrected chi connectivity index (χ0v) is 15.0. The molecule has 22 heavy (non-hydrogen) atoms. The maximum Gasteiger partial charge on any atom is 0.262 e. The maximum absolute atomic E-state index is 11.9. The van der Waals surface area contributed by atoms with Gasteiger partial charge in [0.05, 0.1) is 0 Å². The molecule has 0 atom stereocenters. The van der Waals surface area contributed by atoms with Gasteiger partial charge in [-0.25, -0.2) is 0 Å². The molecule has 0 spiro atoms. The first-order chi connectivity index (χ1) is 10.4. The quantitative estimate of drug-likeness (QED) is 0.804. The molecule has 2 rings (SSSR count). The topological polar surface area (TPSA) is 38.3 Å². The third-order valence-corrected chi connectivity index (χ3v) is 4.89. The fourth-order valence-electron chi connectivity index (χ4n) is 2.01. The predicted octanol–water partition coefficient (Wildman–Crippen LogP) is 5.05. The minimum atomic E-state index is -0.224. The molecule has 0 aliphatic heterocycles. The summed E-state index contributed by atoms with van der Waals surface area (Å²) in [7, 11) is 0. The number of benzene rings is 2. The summed E-state index contributed by atoms with van der Waals surface area (Å²) in [5, 5.41) is 3.39. The van der Waals surface area contributed by atoms with Crippen molar-refractivity contribution in [2.75, 3.05) is 11.9 Å². The zero-order valence-electron chi connectivity index (χ0n) is 12.7. The maximum atomic E-state index is 11.9. The number of nitrogens with one attached hydrogen (secondary N) is 1. The van der Waals surface area contributed by atoms with E-state index in [0.29, 0.717) is 16.5 Å². The Balaban J connectivity index is 1.96. The molecule has 0 aromatic heterocycles. The highest BCUT2D eigenvalue weighted by molar-refractivity contribution is 9.10. The second-order valence-electron chi connectivity index (χ2n) is 5.17. The van der Waals surface area contributed by atoms with Crippen LogP contribution < -0.4 is 10.1 Å². The van der Waals surface area contributed by atoms with Crippen molar-refractivity contribution in [3.05, 3.63) is 56.5 Å². The van der Waals surface area contributed by atoms with E-state index in [1.807, 2.05) is 45.0 Å². The normalized spacial score (nSPS) is 10.4. The van der Waals surface area contributed by atoms with Crippen LogP contribution >= 0.6 is 27.5 Å². The van der Waals surface area contributed by atoms with Crippen molar-refractivity contribution in [3.8, 4) is 5.75 Å². The summed E-state index contributed by atoms with van der Waals surface area (Å²) >= 11 is 9.54. The van der Waals surface area contributed by atoms with Crippen LogP contribution in [0.3, 0.4) is 0 Å². The van der Waals surface area contributed by atoms with Crippen molar-refractivity contribution in [1.82, 2.24) is 0 Å². The molecule has 0 aliphatic carbocycles. The van der Waals surface area contributed by atoms with Crippen molar-refractivity contribution >= 4 is 39.1 Å². The number of ether oxygens (including phenoxy) is 1. The number of amides is 1. The van der Waals surface area contributed by atoms with E-state index in [1.165, 1.54) is 0 Å². The smallest absolute Gasteiger partial charge is 0.262 e. The Kier molecular flexibility index (Phi) is 5.48.